The molecule has 0 aromatic heterocycles. The molecule has 4 heteroatoms. The zero-order valence-corrected chi connectivity index (χ0v) is 6.99. The smallest absolute Gasteiger partial charge is 0.130 e. The van der Waals surface area contributed by atoms with Crippen LogP contribution in [0.15, 0.2) is 30.3 Å². The van der Waals surface area contributed by atoms with Gasteiger partial charge in [0.2, 0.25) is 0 Å². The van der Waals surface area contributed by atoms with Gasteiger partial charge in [-0.3, -0.25) is 0 Å². The Morgan fingerprint density at radius 1 is 1.15 bits per heavy atom. The molecule has 3 N–H and O–H groups in total. The lowest BCUT2D eigenvalue weighted by molar-refractivity contribution is 0.555. The van der Waals surface area contributed by atoms with Gasteiger partial charge in [-0.15, -0.1) is 0 Å². The molecule has 1 fully saturated rings. The predicted octanol–water partition coefficient (Wildman–Crippen LogP) is 0.232. The molecule has 1 saturated heterocycles. The lowest BCUT2D eigenvalue weighted by Crippen LogP contribution is -2.32. The first-order chi connectivity index (χ1) is 6.42. The maximum absolute atomic E-state index is 8.81. The first-order valence-corrected chi connectivity index (χ1v) is 4.12. The quantitative estimate of drug-likeness (QED) is 0.570. The molecule has 0 radical (unpaired) electrons. The van der Waals surface area contributed by atoms with Crippen molar-refractivity contribution < 1.29 is 0 Å². The van der Waals surface area contributed by atoms with Crippen molar-refractivity contribution in [3.8, 4) is 6.07 Å². The normalized spacial score (nSPS) is 27.0. The van der Waals surface area contributed by atoms with Crippen LogP contribution in [0.5, 0.6) is 0 Å². The van der Waals surface area contributed by atoms with Crippen molar-refractivity contribution in [2.24, 2.45) is 0 Å². The van der Waals surface area contributed by atoms with Gasteiger partial charge in [0.15, 0.2) is 0 Å². The van der Waals surface area contributed by atoms with E-state index in [-0.39, 0.29) is 12.1 Å². The van der Waals surface area contributed by atoms with E-state index in [1.165, 1.54) is 0 Å². The minimum atomic E-state index is -0.220. The second-order valence-electron chi connectivity index (χ2n) is 2.91. The Balaban J connectivity index is 2.22. The Kier molecular flexibility index (Phi) is 2.23. The standard InChI is InChI=1S/C9H10N4/c10-6-8-9(12-13-11-8)7-4-2-1-3-5-7/h1-5,8-9,11-13H. The van der Waals surface area contributed by atoms with E-state index in [0.29, 0.717) is 0 Å². The fraction of sp³-hybridized carbons (Fsp3) is 0.222. The molecule has 4 nitrogen and oxygen atoms in total. The minimum Gasteiger partial charge on any atom is -0.234 e. The average molecular weight is 174 g/mol. The molecule has 0 saturated carbocycles. The maximum Gasteiger partial charge on any atom is 0.130 e. The van der Waals surface area contributed by atoms with Crippen LogP contribution in [0.3, 0.4) is 0 Å². The second kappa shape index (κ2) is 3.54. The number of hydrazine groups is 2. The third kappa shape index (κ3) is 1.53. The van der Waals surface area contributed by atoms with Gasteiger partial charge in [0.05, 0.1) is 12.1 Å². The number of nitrogens with zero attached hydrogens (tertiary/aromatic N) is 1. The number of nitriles is 1. The molecule has 0 amide bonds. The van der Waals surface area contributed by atoms with Crippen LogP contribution in [0.25, 0.3) is 0 Å². The highest BCUT2D eigenvalue weighted by Gasteiger charge is 2.27. The Morgan fingerprint density at radius 2 is 1.92 bits per heavy atom. The molecule has 2 atom stereocenters. The molecule has 13 heavy (non-hydrogen) atoms. The Labute approximate surface area is 76.5 Å². The summed E-state index contributed by atoms with van der Waals surface area (Å²) in [7, 11) is 0. The zero-order valence-electron chi connectivity index (χ0n) is 6.99. The van der Waals surface area contributed by atoms with Gasteiger partial charge >= 0.3 is 0 Å². The van der Waals surface area contributed by atoms with Crippen molar-refractivity contribution >= 4 is 0 Å². The predicted molar refractivity (Wildman–Crippen MR) is 48.0 cm³/mol. The molecule has 1 heterocycles. The molecule has 1 aromatic carbocycles. The van der Waals surface area contributed by atoms with Crippen molar-refractivity contribution in [1.82, 2.24) is 16.4 Å². The number of rotatable bonds is 1. The van der Waals surface area contributed by atoms with Crippen LogP contribution >= 0.6 is 0 Å². The topological polar surface area (TPSA) is 59.9 Å². The van der Waals surface area contributed by atoms with E-state index in [4.69, 9.17) is 5.26 Å². The second-order valence-corrected chi connectivity index (χ2v) is 2.91. The highest BCUT2D eigenvalue weighted by molar-refractivity contribution is 5.23. The fourth-order valence-corrected chi connectivity index (χ4v) is 1.41. The van der Waals surface area contributed by atoms with Crippen molar-refractivity contribution in [2.75, 3.05) is 0 Å². The number of hydrogen-bond donors (Lipinski definition) is 3. The maximum atomic E-state index is 8.81. The summed E-state index contributed by atoms with van der Waals surface area (Å²) in [6, 6.07) is 11.9. The van der Waals surface area contributed by atoms with Crippen LogP contribution in [0.1, 0.15) is 11.6 Å². The fourth-order valence-electron chi connectivity index (χ4n) is 1.41. The van der Waals surface area contributed by atoms with Gasteiger partial charge < -0.3 is 0 Å². The number of nitrogens with one attached hydrogen (secondary N) is 3. The van der Waals surface area contributed by atoms with Gasteiger partial charge in [0, 0.05) is 0 Å². The lowest BCUT2D eigenvalue weighted by Gasteiger charge is -2.11. The van der Waals surface area contributed by atoms with Gasteiger partial charge in [0.25, 0.3) is 0 Å². The Bertz CT molecular complexity index is 316. The summed E-state index contributed by atoms with van der Waals surface area (Å²) in [6.07, 6.45) is 0. The Morgan fingerprint density at radius 3 is 2.62 bits per heavy atom. The molecule has 2 rings (SSSR count). The van der Waals surface area contributed by atoms with Crippen molar-refractivity contribution in [1.29, 1.82) is 5.26 Å². The minimum absolute atomic E-state index is 0.0196. The summed E-state index contributed by atoms with van der Waals surface area (Å²) in [5.41, 5.74) is 9.68. The first-order valence-electron chi connectivity index (χ1n) is 4.12. The highest BCUT2D eigenvalue weighted by atomic mass is 15.7. The van der Waals surface area contributed by atoms with E-state index in [9.17, 15) is 0 Å². The van der Waals surface area contributed by atoms with E-state index >= 15 is 0 Å². The third-order valence-corrected chi connectivity index (χ3v) is 2.09. The largest absolute Gasteiger partial charge is 0.234 e. The van der Waals surface area contributed by atoms with Gasteiger partial charge in [-0.05, 0) is 5.56 Å². The first kappa shape index (κ1) is 8.20. The van der Waals surface area contributed by atoms with Crippen molar-refractivity contribution in [3.05, 3.63) is 35.9 Å². The van der Waals surface area contributed by atoms with Crippen molar-refractivity contribution in [2.45, 2.75) is 12.1 Å². The zero-order chi connectivity index (χ0) is 9.10. The molecule has 66 valence electrons. The van der Waals surface area contributed by atoms with E-state index < -0.39 is 0 Å². The van der Waals surface area contributed by atoms with Crippen LogP contribution < -0.4 is 16.4 Å². The number of benzene rings is 1. The van der Waals surface area contributed by atoms with E-state index in [1.54, 1.807) is 0 Å². The van der Waals surface area contributed by atoms with Gasteiger partial charge in [-0.2, -0.15) is 10.8 Å². The van der Waals surface area contributed by atoms with Crippen molar-refractivity contribution in [3.63, 3.8) is 0 Å². The van der Waals surface area contributed by atoms with Gasteiger partial charge in [-0.1, -0.05) is 30.3 Å². The molecular formula is C9H10N4. The monoisotopic (exact) mass is 174 g/mol. The van der Waals surface area contributed by atoms with Gasteiger partial charge in [0.1, 0.15) is 6.04 Å². The lowest BCUT2D eigenvalue weighted by atomic mass is 10.0. The average Bonchev–Trinajstić information content (AvgIpc) is 2.67. The summed E-state index contributed by atoms with van der Waals surface area (Å²) in [5.74, 6) is 0. The molecule has 2 unspecified atom stereocenters. The molecule has 0 spiro atoms. The molecule has 0 bridgehead atoms. The molecule has 0 aliphatic carbocycles. The highest BCUT2D eigenvalue weighted by Crippen LogP contribution is 2.17. The van der Waals surface area contributed by atoms with Crippen LogP contribution in [0.4, 0.5) is 0 Å². The SMILES string of the molecule is N#CC1NNNC1c1ccccc1. The Hall–Kier alpha value is -1.41. The summed E-state index contributed by atoms with van der Waals surface area (Å²) < 4.78 is 0. The number of hydrogen-bond acceptors (Lipinski definition) is 4. The molecule has 1 aliphatic rings. The summed E-state index contributed by atoms with van der Waals surface area (Å²) in [6.45, 7) is 0. The molecule has 1 aromatic rings. The van der Waals surface area contributed by atoms with Crippen LogP contribution in [-0.4, -0.2) is 6.04 Å². The van der Waals surface area contributed by atoms with E-state index in [2.05, 4.69) is 22.5 Å². The van der Waals surface area contributed by atoms with E-state index in [1.807, 2.05) is 30.3 Å². The molecular weight excluding hydrogens is 164 g/mol. The van der Waals surface area contributed by atoms with E-state index in [0.717, 1.165) is 5.56 Å². The third-order valence-electron chi connectivity index (χ3n) is 2.09. The molecule has 1 aliphatic heterocycles. The van der Waals surface area contributed by atoms with Crippen LogP contribution in [0, 0.1) is 11.3 Å². The van der Waals surface area contributed by atoms with Gasteiger partial charge in [-0.25, -0.2) is 10.9 Å². The summed E-state index contributed by atoms with van der Waals surface area (Å²) in [5, 5.41) is 8.81. The summed E-state index contributed by atoms with van der Waals surface area (Å²) in [4.78, 5) is 0. The van der Waals surface area contributed by atoms with Crippen LogP contribution in [-0.2, 0) is 0 Å². The summed E-state index contributed by atoms with van der Waals surface area (Å²) >= 11 is 0. The van der Waals surface area contributed by atoms with Crippen LogP contribution in [0.2, 0.25) is 0 Å².